The van der Waals surface area contributed by atoms with Gasteiger partial charge in [-0.3, -0.25) is 4.79 Å². The van der Waals surface area contributed by atoms with Crippen LogP contribution in [0.15, 0.2) is 71.2 Å². The van der Waals surface area contributed by atoms with Crippen molar-refractivity contribution < 1.29 is 19.0 Å². The summed E-state index contributed by atoms with van der Waals surface area (Å²) in [5.41, 5.74) is 4.11. The lowest BCUT2D eigenvalue weighted by Crippen LogP contribution is -2.25. The van der Waals surface area contributed by atoms with E-state index in [0.717, 1.165) is 26.7 Å². The summed E-state index contributed by atoms with van der Waals surface area (Å²) in [4.78, 5) is 12.6. The second-order valence-corrected chi connectivity index (χ2v) is 8.14. The number of fused-ring (bicyclic) bond motifs is 1. The zero-order chi connectivity index (χ0) is 21.5. The molecule has 1 heterocycles. The maximum Gasteiger partial charge on any atom is 0.224 e. The van der Waals surface area contributed by atoms with Crippen LogP contribution in [-0.2, 0) is 35.7 Å². The van der Waals surface area contributed by atoms with Crippen LogP contribution in [0.4, 0.5) is 0 Å². The average molecular weight is 482 g/mol. The smallest absolute Gasteiger partial charge is 0.224 e. The summed E-state index contributed by atoms with van der Waals surface area (Å²) in [6, 6.07) is 21.8. The molecule has 3 aromatic rings. The zero-order valence-electron chi connectivity index (χ0n) is 17.1. The SMILES string of the molecule is O=C(Cc1cc2c(cc1Br)OCCO2)NCc1ccccc1COCc1ccccc1. The molecular formula is C25H24BrNO4. The monoisotopic (exact) mass is 481 g/mol. The molecule has 0 bridgehead atoms. The van der Waals surface area contributed by atoms with Gasteiger partial charge in [0, 0.05) is 11.0 Å². The van der Waals surface area contributed by atoms with Crippen molar-refractivity contribution in [2.75, 3.05) is 13.2 Å². The molecule has 3 aromatic carbocycles. The summed E-state index contributed by atoms with van der Waals surface area (Å²) >= 11 is 3.53. The van der Waals surface area contributed by atoms with Crippen LogP contribution < -0.4 is 14.8 Å². The Bertz CT molecular complexity index is 1040. The summed E-state index contributed by atoms with van der Waals surface area (Å²) in [6.07, 6.45) is 0.254. The largest absolute Gasteiger partial charge is 0.486 e. The molecule has 31 heavy (non-hydrogen) atoms. The molecule has 1 N–H and O–H groups in total. The highest BCUT2D eigenvalue weighted by Crippen LogP contribution is 2.35. The third-order valence-corrected chi connectivity index (χ3v) is 5.76. The molecule has 4 rings (SSSR count). The Kier molecular flexibility index (Phi) is 7.22. The number of rotatable bonds is 8. The first-order valence-electron chi connectivity index (χ1n) is 10.2. The Hall–Kier alpha value is -2.83. The van der Waals surface area contributed by atoms with Crippen LogP contribution in [0, 0.1) is 0 Å². The molecule has 0 unspecified atom stereocenters. The number of ether oxygens (including phenoxy) is 3. The van der Waals surface area contributed by atoms with Crippen LogP contribution >= 0.6 is 15.9 Å². The molecule has 160 valence electrons. The van der Waals surface area contributed by atoms with Crippen LogP contribution in [0.2, 0.25) is 0 Å². The molecule has 0 radical (unpaired) electrons. The van der Waals surface area contributed by atoms with Crippen LogP contribution in [0.25, 0.3) is 0 Å². The highest BCUT2D eigenvalue weighted by molar-refractivity contribution is 9.10. The van der Waals surface area contributed by atoms with Crippen molar-refractivity contribution in [1.82, 2.24) is 5.32 Å². The Morgan fingerprint density at radius 1 is 0.871 bits per heavy atom. The number of carbonyl (C=O) groups is 1. The number of nitrogens with one attached hydrogen (secondary N) is 1. The summed E-state index contributed by atoms with van der Waals surface area (Å²) in [7, 11) is 0. The summed E-state index contributed by atoms with van der Waals surface area (Å²) in [5, 5.41) is 3.02. The quantitative estimate of drug-likeness (QED) is 0.502. The van der Waals surface area contributed by atoms with E-state index in [0.29, 0.717) is 44.5 Å². The fourth-order valence-corrected chi connectivity index (χ4v) is 3.86. The van der Waals surface area contributed by atoms with Gasteiger partial charge in [0.2, 0.25) is 5.91 Å². The van der Waals surface area contributed by atoms with Gasteiger partial charge in [0.1, 0.15) is 13.2 Å². The fraction of sp³-hybridized carbons (Fsp3) is 0.240. The maximum atomic E-state index is 12.6. The molecule has 0 aliphatic carbocycles. The average Bonchev–Trinajstić information content (AvgIpc) is 2.79. The number of amides is 1. The fourth-order valence-electron chi connectivity index (χ4n) is 3.39. The number of benzene rings is 3. The standard InChI is InChI=1S/C25H24BrNO4/c26-22-14-24-23(30-10-11-31-24)12-21(22)13-25(28)27-15-19-8-4-5-9-20(19)17-29-16-18-6-2-1-3-7-18/h1-9,12,14H,10-11,13,15-17H2,(H,27,28). The van der Waals surface area contributed by atoms with Crippen LogP contribution in [0.3, 0.4) is 0 Å². The molecule has 0 aromatic heterocycles. The van der Waals surface area contributed by atoms with E-state index < -0.39 is 0 Å². The van der Waals surface area contributed by atoms with Crippen molar-refractivity contribution in [1.29, 1.82) is 0 Å². The van der Waals surface area contributed by atoms with E-state index in [1.807, 2.05) is 66.7 Å². The van der Waals surface area contributed by atoms with Gasteiger partial charge in [-0.05, 0) is 34.4 Å². The first-order valence-corrected chi connectivity index (χ1v) is 11.0. The first-order chi connectivity index (χ1) is 15.2. The van der Waals surface area contributed by atoms with Crippen molar-refractivity contribution in [2.45, 2.75) is 26.2 Å². The Morgan fingerprint density at radius 2 is 1.55 bits per heavy atom. The van der Waals surface area contributed by atoms with Gasteiger partial charge in [-0.2, -0.15) is 0 Å². The second kappa shape index (κ2) is 10.5. The molecule has 0 fully saturated rings. The third-order valence-electron chi connectivity index (χ3n) is 5.03. The van der Waals surface area contributed by atoms with Gasteiger partial charge >= 0.3 is 0 Å². The third kappa shape index (κ3) is 5.87. The second-order valence-electron chi connectivity index (χ2n) is 7.29. The number of hydrogen-bond donors (Lipinski definition) is 1. The molecule has 1 aliphatic heterocycles. The highest BCUT2D eigenvalue weighted by Gasteiger charge is 2.16. The molecule has 0 spiro atoms. The minimum Gasteiger partial charge on any atom is -0.486 e. The zero-order valence-corrected chi connectivity index (χ0v) is 18.7. The van der Waals surface area contributed by atoms with E-state index in [9.17, 15) is 4.79 Å². The Labute approximate surface area is 190 Å². The highest BCUT2D eigenvalue weighted by atomic mass is 79.9. The van der Waals surface area contributed by atoms with Gasteiger partial charge in [-0.1, -0.05) is 70.5 Å². The molecule has 0 saturated heterocycles. The molecule has 1 aliphatic rings. The van der Waals surface area contributed by atoms with E-state index >= 15 is 0 Å². The van der Waals surface area contributed by atoms with Crippen LogP contribution in [0.5, 0.6) is 11.5 Å². The lowest BCUT2D eigenvalue weighted by molar-refractivity contribution is -0.120. The van der Waals surface area contributed by atoms with Gasteiger partial charge in [0.15, 0.2) is 11.5 Å². The summed E-state index contributed by atoms with van der Waals surface area (Å²) in [5.74, 6) is 1.32. The topological polar surface area (TPSA) is 56.8 Å². The van der Waals surface area contributed by atoms with E-state index in [1.54, 1.807) is 0 Å². The first kappa shape index (κ1) is 21.4. The van der Waals surface area contributed by atoms with Crippen molar-refractivity contribution in [3.05, 3.63) is 93.5 Å². The predicted molar refractivity (Wildman–Crippen MR) is 122 cm³/mol. The minimum atomic E-state index is -0.0580. The molecule has 0 saturated carbocycles. The van der Waals surface area contributed by atoms with Gasteiger partial charge in [0.25, 0.3) is 0 Å². The van der Waals surface area contributed by atoms with Gasteiger partial charge in [0.05, 0.1) is 19.6 Å². The Morgan fingerprint density at radius 3 is 2.32 bits per heavy atom. The van der Waals surface area contributed by atoms with Crippen molar-refractivity contribution in [2.24, 2.45) is 0 Å². The van der Waals surface area contributed by atoms with E-state index in [4.69, 9.17) is 14.2 Å². The van der Waals surface area contributed by atoms with Crippen LogP contribution in [0.1, 0.15) is 22.3 Å². The van der Waals surface area contributed by atoms with E-state index in [2.05, 4.69) is 21.2 Å². The normalized spacial score (nSPS) is 12.4. The number of hydrogen-bond acceptors (Lipinski definition) is 4. The van der Waals surface area contributed by atoms with Gasteiger partial charge in [-0.25, -0.2) is 0 Å². The van der Waals surface area contributed by atoms with Gasteiger partial charge < -0.3 is 19.5 Å². The van der Waals surface area contributed by atoms with Crippen molar-refractivity contribution in [3.63, 3.8) is 0 Å². The lowest BCUT2D eigenvalue weighted by atomic mass is 10.1. The van der Waals surface area contributed by atoms with Crippen molar-refractivity contribution in [3.8, 4) is 11.5 Å². The predicted octanol–water partition coefficient (Wildman–Crippen LogP) is 4.80. The molecular weight excluding hydrogens is 458 g/mol. The van der Waals surface area contributed by atoms with Crippen molar-refractivity contribution >= 4 is 21.8 Å². The molecule has 6 heteroatoms. The maximum absolute atomic E-state index is 12.6. The van der Waals surface area contributed by atoms with Crippen LogP contribution in [-0.4, -0.2) is 19.1 Å². The summed E-state index contributed by atoms with van der Waals surface area (Å²) in [6.45, 7) is 2.55. The number of carbonyl (C=O) groups excluding carboxylic acids is 1. The summed E-state index contributed by atoms with van der Waals surface area (Å²) < 4.78 is 17.9. The van der Waals surface area contributed by atoms with Gasteiger partial charge in [-0.15, -0.1) is 0 Å². The molecule has 0 atom stereocenters. The lowest BCUT2D eigenvalue weighted by Gasteiger charge is -2.20. The van der Waals surface area contributed by atoms with E-state index in [-0.39, 0.29) is 12.3 Å². The number of halogens is 1. The Balaban J connectivity index is 1.32. The van der Waals surface area contributed by atoms with E-state index in [1.165, 1.54) is 0 Å². The minimum absolute atomic E-state index is 0.0580. The molecule has 1 amide bonds. The molecule has 5 nitrogen and oxygen atoms in total.